The molecular weight excluding hydrogens is 444 g/mol. The number of aryl methyl sites for hydroxylation is 1. The average molecular weight is 469 g/mol. The number of thioether (sulfide) groups is 1. The van der Waals surface area contributed by atoms with E-state index in [0.717, 1.165) is 36.9 Å². The number of nitrogens with zero attached hydrogens (tertiary/aromatic N) is 4. The highest BCUT2D eigenvalue weighted by Crippen LogP contribution is 2.31. The third-order valence-electron chi connectivity index (χ3n) is 5.88. The molecule has 7 nitrogen and oxygen atoms in total. The summed E-state index contributed by atoms with van der Waals surface area (Å²) >= 11 is 7.57. The average Bonchev–Trinajstić information content (AvgIpc) is 3.44. The summed E-state index contributed by atoms with van der Waals surface area (Å²) in [4.78, 5) is 15.1. The van der Waals surface area contributed by atoms with Crippen LogP contribution in [0, 0.1) is 6.92 Å². The third-order valence-corrected chi connectivity index (χ3v) is 8.97. The molecule has 2 fully saturated rings. The lowest BCUT2D eigenvalue weighted by molar-refractivity contribution is -0.132. The number of amides is 1. The first kappa shape index (κ1) is 21.6. The van der Waals surface area contributed by atoms with Gasteiger partial charge in [0.2, 0.25) is 5.91 Å². The first-order valence-electron chi connectivity index (χ1n) is 10.1. The van der Waals surface area contributed by atoms with E-state index in [9.17, 15) is 13.2 Å². The van der Waals surface area contributed by atoms with Gasteiger partial charge in [0, 0.05) is 17.1 Å². The van der Waals surface area contributed by atoms with E-state index in [-0.39, 0.29) is 35.2 Å². The minimum atomic E-state index is -3.05. The van der Waals surface area contributed by atoms with E-state index in [4.69, 9.17) is 11.6 Å². The van der Waals surface area contributed by atoms with Gasteiger partial charge in [-0.15, -0.1) is 10.2 Å². The fourth-order valence-electron chi connectivity index (χ4n) is 4.31. The van der Waals surface area contributed by atoms with Gasteiger partial charge in [0.25, 0.3) is 0 Å². The SMILES string of the molecule is Cc1ccc(-n2cnnc2SCC(=O)N(C2CCCC2)C2CCS(=O)(=O)C2)cc1Cl. The Bertz CT molecular complexity index is 1030. The molecule has 1 atom stereocenters. The Hall–Kier alpha value is -1.58. The maximum Gasteiger partial charge on any atom is 0.233 e. The number of carbonyl (C=O) groups excluding carboxylic acids is 1. The van der Waals surface area contributed by atoms with Gasteiger partial charge >= 0.3 is 0 Å². The molecule has 1 aliphatic heterocycles. The Morgan fingerprint density at radius 1 is 1.27 bits per heavy atom. The van der Waals surface area contributed by atoms with Crippen LogP contribution in [0.5, 0.6) is 0 Å². The number of sulfone groups is 1. The zero-order valence-corrected chi connectivity index (χ0v) is 19.2. The first-order valence-corrected chi connectivity index (χ1v) is 13.3. The molecule has 1 aromatic carbocycles. The molecule has 1 aliphatic carbocycles. The molecule has 1 saturated carbocycles. The van der Waals surface area contributed by atoms with Crippen LogP contribution in [0.1, 0.15) is 37.7 Å². The molecule has 30 heavy (non-hydrogen) atoms. The summed E-state index contributed by atoms with van der Waals surface area (Å²) < 4.78 is 25.8. The summed E-state index contributed by atoms with van der Waals surface area (Å²) in [5.41, 5.74) is 1.82. The minimum Gasteiger partial charge on any atom is -0.335 e. The zero-order chi connectivity index (χ0) is 21.3. The Labute approximate surface area is 186 Å². The van der Waals surface area contributed by atoms with Crippen molar-refractivity contribution in [3.63, 3.8) is 0 Å². The van der Waals surface area contributed by atoms with E-state index in [2.05, 4.69) is 10.2 Å². The van der Waals surface area contributed by atoms with Crippen molar-refractivity contribution in [1.29, 1.82) is 0 Å². The van der Waals surface area contributed by atoms with Crippen molar-refractivity contribution < 1.29 is 13.2 Å². The van der Waals surface area contributed by atoms with Gasteiger partial charge in [0.15, 0.2) is 15.0 Å². The fraction of sp³-hybridized carbons (Fsp3) is 0.550. The molecule has 0 bridgehead atoms. The second-order valence-electron chi connectivity index (χ2n) is 8.00. The molecule has 0 N–H and O–H groups in total. The first-order chi connectivity index (χ1) is 14.3. The molecule has 0 spiro atoms. The summed E-state index contributed by atoms with van der Waals surface area (Å²) in [5.74, 6) is 0.429. The molecule has 0 radical (unpaired) electrons. The number of benzene rings is 1. The molecule has 1 saturated heterocycles. The van der Waals surface area contributed by atoms with Crippen molar-refractivity contribution in [1.82, 2.24) is 19.7 Å². The fourth-order valence-corrected chi connectivity index (χ4v) is 7.00. The van der Waals surface area contributed by atoms with Crippen LogP contribution in [0.15, 0.2) is 29.7 Å². The maximum atomic E-state index is 13.2. The van der Waals surface area contributed by atoms with Crippen LogP contribution in [-0.2, 0) is 14.6 Å². The number of halogens is 1. The summed E-state index contributed by atoms with van der Waals surface area (Å²) in [6.45, 7) is 1.94. The van der Waals surface area contributed by atoms with E-state index in [0.29, 0.717) is 16.6 Å². The van der Waals surface area contributed by atoms with Crippen LogP contribution in [0.3, 0.4) is 0 Å². The smallest absolute Gasteiger partial charge is 0.233 e. The van der Waals surface area contributed by atoms with Crippen LogP contribution in [0.4, 0.5) is 0 Å². The van der Waals surface area contributed by atoms with Crippen LogP contribution in [-0.4, -0.2) is 63.3 Å². The Balaban J connectivity index is 1.49. The number of hydrogen-bond acceptors (Lipinski definition) is 6. The second-order valence-corrected chi connectivity index (χ2v) is 11.6. The number of aromatic nitrogens is 3. The van der Waals surface area contributed by atoms with E-state index in [1.807, 2.05) is 34.6 Å². The molecule has 1 aromatic heterocycles. The van der Waals surface area contributed by atoms with Gasteiger partial charge in [-0.1, -0.05) is 42.3 Å². The van der Waals surface area contributed by atoms with Crippen molar-refractivity contribution in [3.8, 4) is 5.69 Å². The highest BCUT2D eigenvalue weighted by molar-refractivity contribution is 7.99. The van der Waals surface area contributed by atoms with Crippen molar-refractivity contribution in [3.05, 3.63) is 35.1 Å². The summed E-state index contributed by atoms with van der Waals surface area (Å²) in [7, 11) is -3.05. The molecule has 10 heteroatoms. The van der Waals surface area contributed by atoms with Crippen molar-refractivity contribution in [2.75, 3.05) is 17.3 Å². The third kappa shape index (κ3) is 4.68. The van der Waals surface area contributed by atoms with Gasteiger partial charge in [0.05, 0.1) is 22.9 Å². The Morgan fingerprint density at radius 3 is 2.70 bits per heavy atom. The van der Waals surface area contributed by atoms with Gasteiger partial charge < -0.3 is 4.90 Å². The molecule has 2 aliphatic rings. The summed E-state index contributed by atoms with van der Waals surface area (Å²) in [5, 5.41) is 9.41. The number of rotatable bonds is 6. The summed E-state index contributed by atoms with van der Waals surface area (Å²) in [6.07, 6.45) is 6.21. The van der Waals surface area contributed by atoms with E-state index in [1.54, 1.807) is 6.33 Å². The predicted molar refractivity (Wildman–Crippen MR) is 118 cm³/mol. The van der Waals surface area contributed by atoms with E-state index >= 15 is 0 Å². The van der Waals surface area contributed by atoms with E-state index < -0.39 is 9.84 Å². The molecule has 2 aromatic rings. The van der Waals surface area contributed by atoms with Gasteiger partial charge in [-0.3, -0.25) is 9.36 Å². The lowest BCUT2D eigenvalue weighted by Gasteiger charge is -2.34. The Morgan fingerprint density at radius 2 is 2.03 bits per heavy atom. The zero-order valence-electron chi connectivity index (χ0n) is 16.8. The largest absolute Gasteiger partial charge is 0.335 e. The van der Waals surface area contributed by atoms with Crippen molar-refractivity contribution in [2.45, 2.75) is 56.3 Å². The minimum absolute atomic E-state index is 0.0227. The predicted octanol–water partition coefficient (Wildman–Crippen LogP) is 3.28. The lowest BCUT2D eigenvalue weighted by Crippen LogP contribution is -2.47. The van der Waals surface area contributed by atoms with Gasteiger partial charge in [-0.05, 0) is 43.9 Å². The van der Waals surface area contributed by atoms with Gasteiger partial charge in [-0.2, -0.15) is 0 Å². The molecular formula is C20H25ClN4O3S2. The topological polar surface area (TPSA) is 85.2 Å². The normalized spacial score (nSPS) is 21.2. The Kier molecular flexibility index (Phi) is 6.41. The van der Waals surface area contributed by atoms with E-state index in [1.165, 1.54) is 11.8 Å². The van der Waals surface area contributed by atoms with Gasteiger partial charge in [0.1, 0.15) is 6.33 Å². The summed E-state index contributed by atoms with van der Waals surface area (Å²) in [6, 6.07) is 5.65. The van der Waals surface area contributed by atoms with Gasteiger partial charge in [-0.25, -0.2) is 8.42 Å². The monoisotopic (exact) mass is 468 g/mol. The van der Waals surface area contributed by atoms with Crippen molar-refractivity contribution in [2.24, 2.45) is 0 Å². The quantitative estimate of drug-likeness (QED) is 0.605. The maximum absolute atomic E-state index is 13.2. The molecule has 1 amide bonds. The highest BCUT2D eigenvalue weighted by Gasteiger charge is 2.38. The molecule has 2 heterocycles. The van der Waals surface area contributed by atoms with Crippen LogP contribution in [0.25, 0.3) is 5.69 Å². The standard InChI is InChI=1S/C20H25ClN4O3S2/c1-14-6-7-16(10-18(14)21)24-13-22-23-20(24)29-11-19(26)25(15-4-2-3-5-15)17-8-9-30(27,28)12-17/h6-7,10,13,15,17H,2-5,8-9,11-12H2,1H3. The van der Waals surface area contributed by atoms with Crippen LogP contribution in [0.2, 0.25) is 5.02 Å². The van der Waals surface area contributed by atoms with Crippen LogP contribution < -0.4 is 0 Å². The lowest BCUT2D eigenvalue weighted by atomic mass is 10.1. The number of hydrogen-bond donors (Lipinski definition) is 0. The molecule has 1 unspecified atom stereocenters. The highest BCUT2D eigenvalue weighted by atomic mass is 35.5. The van der Waals surface area contributed by atoms with Crippen molar-refractivity contribution >= 4 is 39.1 Å². The van der Waals surface area contributed by atoms with Crippen LogP contribution >= 0.6 is 23.4 Å². The second kappa shape index (κ2) is 8.88. The number of carbonyl (C=O) groups is 1. The molecule has 162 valence electrons. The molecule has 4 rings (SSSR count).